The average Bonchev–Trinajstić information content (AvgIpc) is 2.80. The summed E-state index contributed by atoms with van der Waals surface area (Å²) in [4.78, 5) is 31.3. The molecule has 1 unspecified atom stereocenters. The van der Waals surface area contributed by atoms with Crippen molar-refractivity contribution in [1.29, 1.82) is 0 Å². The monoisotopic (exact) mass is 476 g/mol. The van der Waals surface area contributed by atoms with Crippen LogP contribution in [-0.4, -0.2) is 36.1 Å². The van der Waals surface area contributed by atoms with Gasteiger partial charge in [0.2, 0.25) is 0 Å². The van der Waals surface area contributed by atoms with Gasteiger partial charge in [-0.25, -0.2) is 0 Å². The van der Waals surface area contributed by atoms with Gasteiger partial charge in [-0.1, -0.05) is 72.7 Å². The first-order valence-corrected chi connectivity index (χ1v) is 13.1. The summed E-state index contributed by atoms with van der Waals surface area (Å²) >= 11 is 0. The summed E-state index contributed by atoms with van der Waals surface area (Å²) in [6.45, 7) is 19.6. The van der Waals surface area contributed by atoms with Crippen LogP contribution in [-0.2, 0) is 9.59 Å². The highest BCUT2D eigenvalue weighted by Crippen LogP contribution is 2.43. The number of anilines is 1. The molecule has 0 amide bonds. The number of ketones is 2. The second kappa shape index (κ2) is 10.6. The van der Waals surface area contributed by atoms with E-state index in [9.17, 15) is 9.59 Å². The summed E-state index contributed by atoms with van der Waals surface area (Å²) in [5.74, 6) is 0.872. The summed E-state index contributed by atoms with van der Waals surface area (Å²) in [7, 11) is 0. The Balaban J connectivity index is 1.97. The maximum Gasteiger partial charge on any atom is 0.186 e. The van der Waals surface area contributed by atoms with Gasteiger partial charge in [0, 0.05) is 66.6 Å². The van der Waals surface area contributed by atoms with Crippen molar-refractivity contribution in [3.63, 3.8) is 0 Å². The number of nitrogens with zero attached hydrogens (tertiary/aromatic N) is 2. The van der Waals surface area contributed by atoms with Gasteiger partial charge in [0.1, 0.15) is 0 Å². The van der Waals surface area contributed by atoms with Crippen LogP contribution >= 0.6 is 0 Å². The van der Waals surface area contributed by atoms with Crippen LogP contribution in [0, 0.1) is 22.7 Å². The number of carbonyl (C=O) groups excluding carboxylic acids is 2. The third-order valence-corrected chi connectivity index (χ3v) is 7.73. The molecule has 190 valence electrons. The minimum absolute atomic E-state index is 0.0289. The predicted molar refractivity (Wildman–Crippen MR) is 146 cm³/mol. The molecule has 0 saturated heterocycles. The van der Waals surface area contributed by atoms with Crippen LogP contribution in [0.15, 0.2) is 65.5 Å². The fraction of sp³-hybridized carbons (Fsp3) is 0.548. The summed E-state index contributed by atoms with van der Waals surface area (Å²) in [5, 5.41) is 0. The Hall–Kier alpha value is -2.62. The maximum atomic E-state index is 13.8. The van der Waals surface area contributed by atoms with Crippen molar-refractivity contribution in [2.24, 2.45) is 22.7 Å². The molecular formula is C31H44N2O2. The first-order chi connectivity index (χ1) is 16.4. The highest BCUT2D eigenvalue weighted by atomic mass is 16.1. The summed E-state index contributed by atoms with van der Waals surface area (Å²) in [6, 6.07) is 10.2. The van der Waals surface area contributed by atoms with E-state index in [1.54, 1.807) is 0 Å². The first kappa shape index (κ1) is 27.0. The first-order valence-electron chi connectivity index (χ1n) is 13.1. The SMILES string of the molecule is CCC(=O)C1=CN(c2ccccc2)CC(/C=C(\C)C(=O)C2=CN(CC(C)C)CCC2(C)C)C1(C)C. The quantitative estimate of drug-likeness (QED) is 0.387. The Morgan fingerprint density at radius 2 is 1.71 bits per heavy atom. The number of Topliss-reactive ketones (excluding diaryl/α,β-unsaturated/α-hetero) is 2. The zero-order chi connectivity index (χ0) is 26.0. The van der Waals surface area contributed by atoms with E-state index in [0.717, 1.165) is 48.5 Å². The smallest absolute Gasteiger partial charge is 0.186 e. The fourth-order valence-electron chi connectivity index (χ4n) is 5.25. The molecule has 35 heavy (non-hydrogen) atoms. The third-order valence-electron chi connectivity index (χ3n) is 7.73. The summed E-state index contributed by atoms with van der Waals surface area (Å²) in [6.07, 6.45) is 7.71. The number of hydrogen-bond acceptors (Lipinski definition) is 4. The van der Waals surface area contributed by atoms with Crippen molar-refractivity contribution in [2.45, 2.75) is 68.2 Å². The van der Waals surface area contributed by atoms with Gasteiger partial charge < -0.3 is 9.80 Å². The molecule has 0 aliphatic carbocycles. The van der Waals surface area contributed by atoms with Crippen LogP contribution in [0.1, 0.15) is 68.2 Å². The van der Waals surface area contributed by atoms with Crippen molar-refractivity contribution >= 4 is 17.3 Å². The van der Waals surface area contributed by atoms with Crippen molar-refractivity contribution < 1.29 is 9.59 Å². The number of para-hydroxylation sites is 1. The van der Waals surface area contributed by atoms with E-state index in [4.69, 9.17) is 0 Å². The van der Waals surface area contributed by atoms with Crippen LogP contribution in [0.4, 0.5) is 5.69 Å². The standard InChI is InChI=1S/C31H44N2O2/c1-9-28(34)26-21-33(25-13-11-10-12-14-25)19-24(31(26,7)8)17-23(4)29(35)27-20-32(18-22(2)3)16-15-30(27,5)6/h10-14,17,20-22,24H,9,15-16,18-19H2,1-8H3/b23-17+. The molecule has 0 aromatic heterocycles. The fourth-order valence-corrected chi connectivity index (χ4v) is 5.25. The Labute approximate surface area is 212 Å². The molecule has 0 radical (unpaired) electrons. The molecule has 0 fully saturated rings. The van der Waals surface area contributed by atoms with Gasteiger partial charge >= 0.3 is 0 Å². The van der Waals surface area contributed by atoms with Gasteiger partial charge in [-0.05, 0) is 42.4 Å². The van der Waals surface area contributed by atoms with E-state index in [1.807, 2.05) is 38.2 Å². The van der Waals surface area contributed by atoms with Gasteiger partial charge in [0.05, 0.1) is 0 Å². The molecule has 1 atom stereocenters. The van der Waals surface area contributed by atoms with E-state index in [0.29, 0.717) is 12.3 Å². The number of allylic oxidation sites excluding steroid dienone is 3. The van der Waals surface area contributed by atoms with Crippen molar-refractivity contribution in [2.75, 3.05) is 24.5 Å². The molecule has 1 aromatic carbocycles. The molecule has 0 saturated carbocycles. The van der Waals surface area contributed by atoms with E-state index in [2.05, 4.69) is 75.8 Å². The van der Waals surface area contributed by atoms with Crippen LogP contribution in [0.3, 0.4) is 0 Å². The number of carbonyl (C=O) groups is 2. The minimum Gasteiger partial charge on any atom is -0.377 e. The Bertz CT molecular complexity index is 1030. The molecule has 3 rings (SSSR count). The molecule has 0 bridgehead atoms. The maximum absolute atomic E-state index is 13.8. The van der Waals surface area contributed by atoms with Crippen LogP contribution in [0.5, 0.6) is 0 Å². The Morgan fingerprint density at radius 1 is 1.06 bits per heavy atom. The number of hydrogen-bond donors (Lipinski definition) is 0. The Kier molecular flexibility index (Phi) is 8.14. The van der Waals surface area contributed by atoms with Crippen molar-refractivity contribution in [1.82, 2.24) is 4.90 Å². The summed E-state index contributed by atoms with van der Waals surface area (Å²) < 4.78 is 0. The van der Waals surface area contributed by atoms with Crippen LogP contribution in [0.25, 0.3) is 0 Å². The van der Waals surface area contributed by atoms with Gasteiger partial charge in [0.25, 0.3) is 0 Å². The largest absolute Gasteiger partial charge is 0.377 e. The predicted octanol–water partition coefficient (Wildman–Crippen LogP) is 6.80. The normalized spacial score (nSPS) is 22.1. The molecule has 1 aromatic rings. The third kappa shape index (κ3) is 5.97. The van der Waals surface area contributed by atoms with Gasteiger partial charge in [-0.2, -0.15) is 0 Å². The molecule has 4 nitrogen and oxygen atoms in total. The zero-order valence-electron chi connectivity index (χ0n) is 23.0. The number of rotatable bonds is 8. The van der Waals surface area contributed by atoms with Gasteiger partial charge in [-0.15, -0.1) is 0 Å². The zero-order valence-corrected chi connectivity index (χ0v) is 23.0. The number of benzene rings is 1. The summed E-state index contributed by atoms with van der Waals surface area (Å²) in [5.41, 5.74) is 3.05. The molecule has 2 heterocycles. The van der Waals surface area contributed by atoms with E-state index >= 15 is 0 Å². The lowest BCUT2D eigenvalue weighted by Gasteiger charge is -2.43. The topological polar surface area (TPSA) is 40.6 Å². The molecule has 0 N–H and O–H groups in total. The molecule has 2 aliphatic heterocycles. The second-order valence-electron chi connectivity index (χ2n) is 11.9. The molecule has 0 spiro atoms. The van der Waals surface area contributed by atoms with Crippen molar-refractivity contribution in [3.05, 3.63) is 65.5 Å². The average molecular weight is 477 g/mol. The molecule has 2 aliphatic rings. The second-order valence-corrected chi connectivity index (χ2v) is 11.9. The van der Waals surface area contributed by atoms with Gasteiger partial charge in [-0.3, -0.25) is 9.59 Å². The molecule has 4 heteroatoms. The lowest BCUT2D eigenvalue weighted by atomic mass is 9.68. The highest BCUT2D eigenvalue weighted by Gasteiger charge is 2.40. The Morgan fingerprint density at radius 3 is 2.31 bits per heavy atom. The molecular weight excluding hydrogens is 432 g/mol. The lowest BCUT2D eigenvalue weighted by Crippen LogP contribution is -2.42. The van der Waals surface area contributed by atoms with Crippen LogP contribution < -0.4 is 4.90 Å². The lowest BCUT2D eigenvalue weighted by molar-refractivity contribution is -0.116. The van der Waals surface area contributed by atoms with E-state index < -0.39 is 0 Å². The van der Waals surface area contributed by atoms with Gasteiger partial charge in [0.15, 0.2) is 11.6 Å². The van der Waals surface area contributed by atoms with E-state index in [-0.39, 0.29) is 28.3 Å². The highest BCUT2D eigenvalue weighted by molar-refractivity contribution is 6.08. The van der Waals surface area contributed by atoms with E-state index in [1.165, 1.54) is 0 Å². The van der Waals surface area contributed by atoms with Crippen molar-refractivity contribution in [3.8, 4) is 0 Å². The van der Waals surface area contributed by atoms with Crippen LogP contribution in [0.2, 0.25) is 0 Å². The minimum atomic E-state index is -0.361.